The number of halogens is 1. The Hall–Kier alpha value is -0.910. The second kappa shape index (κ2) is 5.43. The van der Waals surface area contributed by atoms with E-state index in [4.69, 9.17) is 11.6 Å². The maximum absolute atomic E-state index is 11.6. The van der Waals surface area contributed by atoms with Crippen molar-refractivity contribution in [2.75, 3.05) is 5.32 Å². The topological polar surface area (TPSA) is 42.0 Å². The molecule has 1 N–H and O–H groups in total. The molecule has 0 aliphatic carbocycles. The summed E-state index contributed by atoms with van der Waals surface area (Å²) in [5.41, 5.74) is 1.66. The lowest BCUT2D eigenvalue weighted by Gasteiger charge is -1.99. The van der Waals surface area contributed by atoms with Crippen molar-refractivity contribution < 1.29 is 4.79 Å². The van der Waals surface area contributed by atoms with Crippen LogP contribution in [0.3, 0.4) is 0 Å². The minimum absolute atomic E-state index is 0.0473. The zero-order valence-corrected chi connectivity index (χ0v) is 10.7. The van der Waals surface area contributed by atoms with Gasteiger partial charge in [0.15, 0.2) is 0 Å². The number of thiophene rings is 1. The van der Waals surface area contributed by atoms with Crippen LogP contribution in [0.2, 0.25) is 0 Å². The number of aromatic nitrogens is 1. The number of carbonyl (C=O) groups excluding carboxylic acids is 1. The Morgan fingerprint density at radius 2 is 2.38 bits per heavy atom. The maximum Gasteiger partial charge on any atom is 0.231 e. The Bertz CT molecular complexity index is 467. The molecule has 84 valence electrons. The van der Waals surface area contributed by atoms with Crippen molar-refractivity contribution in [2.45, 2.75) is 12.3 Å². The fourth-order valence-electron chi connectivity index (χ4n) is 1.17. The molecule has 0 atom stereocenters. The summed E-state index contributed by atoms with van der Waals surface area (Å²) in [4.78, 5) is 15.8. The molecule has 1 amide bonds. The van der Waals surface area contributed by atoms with E-state index >= 15 is 0 Å². The third-order valence-electron chi connectivity index (χ3n) is 1.85. The number of alkyl halides is 1. The average Bonchev–Trinajstić information content (AvgIpc) is 2.89. The van der Waals surface area contributed by atoms with Gasteiger partial charge in [0.25, 0.3) is 0 Å². The van der Waals surface area contributed by atoms with Crippen molar-refractivity contribution >= 4 is 45.9 Å². The van der Waals surface area contributed by atoms with Gasteiger partial charge in [0, 0.05) is 10.8 Å². The predicted octanol–water partition coefficient (Wildman–Crippen LogP) is 3.12. The number of thiazole rings is 1. The molecule has 16 heavy (non-hydrogen) atoms. The first-order valence-electron chi connectivity index (χ1n) is 4.59. The van der Waals surface area contributed by atoms with Gasteiger partial charge in [0.05, 0.1) is 23.7 Å². The van der Waals surface area contributed by atoms with Gasteiger partial charge in [-0.2, -0.15) is 11.3 Å². The van der Waals surface area contributed by atoms with Crippen molar-refractivity contribution in [3.8, 4) is 0 Å². The molecule has 2 aromatic rings. The molecule has 0 bridgehead atoms. The number of rotatable bonds is 4. The van der Waals surface area contributed by atoms with Crippen LogP contribution in [-0.2, 0) is 17.1 Å². The number of hydrogen-bond donors (Lipinski definition) is 1. The Labute approximate surface area is 106 Å². The van der Waals surface area contributed by atoms with Gasteiger partial charge in [-0.3, -0.25) is 4.79 Å². The highest BCUT2D eigenvalue weighted by Gasteiger charge is 2.08. The summed E-state index contributed by atoms with van der Waals surface area (Å²) in [6.07, 6.45) is 0.303. The van der Waals surface area contributed by atoms with Crippen LogP contribution in [0.5, 0.6) is 0 Å². The molecule has 3 nitrogen and oxygen atoms in total. The summed E-state index contributed by atoms with van der Waals surface area (Å²) in [7, 11) is 0. The van der Waals surface area contributed by atoms with Crippen LogP contribution in [0, 0.1) is 0 Å². The van der Waals surface area contributed by atoms with Gasteiger partial charge in [0.2, 0.25) is 5.91 Å². The molecule has 0 radical (unpaired) electrons. The standard InChI is InChI=1S/C10H9ClN2OS2/c11-4-8-6-16-10(13-8)3-9(14)12-7-1-2-15-5-7/h1-2,5-6H,3-4H2,(H,12,14). The van der Waals surface area contributed by atoms with E-state index in [1.54, 1.807) is 11.3 Å². The molecule has 0 aliphatic rings. The van der Waals surface area contributed by atoms with Gasteiger partial charge in [-0.05, 0) is 11.4 Å². The normalized spacial score (nSPS) is 10.3. The smallest absolute Gasteiger partial charge is 0.231 e. The van der Waals surface area contributed by atoms with Gasteiger partial charge in [-0.1, -0.05) is 0 Å². The van der Waals surface area contributed by atoms with E-state index in [9.17, 15) is 4.79 Å². The van der Waals surface area contributed by atoms with Crippen LogP contribution in [0.15, 0.2) is 22.2 Å². The fraction of sp³-hybridized carbons (Fsp3) is 0.200. The molecule has 2 heterocycles. The zero-order valence-electron chi connectivity index (χ0n) is 8.27. The summed E-state index contributed by atoms with van der Waals surface area (Å²) in [5, 5.41) is 9.29. The molecule has 0 aromatic carbocycles. The monoisotopic (exact) mass is 272 g/mol. The lowest BCUT2D eigenvalue weighted by atomic mass is 10.4. The fourth-order valence-corrected chi connectivity index (χ4v) is 2.78. The Morgan fingerprint density at radius 3 is 3.00 bits per heavy atom. The molecule has 0 saturated heterocycles. The summed E-state index contributed by atoms with van der Waals surface area (Å²) < 4.78 is 0. The number of hydrogen-bond acceptors (Lipinski definition) is 4. The van der Waals surface area contributed by atoms with Gasteiger partial charge in [-0.25, -0.2) is 4.98 Å². The van der Waals surface area contributed by atoms with Crippen LogP contribution in [-0.4, -0.2) is 10.9 Å². The van der Waals surface area contributed by atoms with E-state index in [1.807, 2.05) is 22.2 Å². The molecule has 0 fully saturated rings. The molecule has 2 aromatic heterocycles. The molecule has 0 unspecified atom stereocenters. The molecular formula is C10H9ClN2OS2. The van der Waals surface area contributed by atoms with Crippen LogP contribution < -0.4 is 5.32 Å². The number of carbonyl (C=O) groups is 1. The van der Waals surface area contributed by atoms with Crippen molar-refractivity contribution in [2.24, 2.45) is 0 Å². The Kier molecular flexibility index (Phi) is 3.93. The first-order chi connectivity index (χ1) is 7.78. The molecule has 0 spiro atoms. The van der Waals surface area contributed by atoms with E-state index in [2.05, 4.69) is 10.3 Å². The summed E-state index contributed by atoms with van der Waals surface area (Å²) in [6, 6.07) is 1.87. The van der Waals surface area contributed by atoms with Crippen molar-refractivity contribution in [3.05, 3.63) is 32.9 Å². The number of nitrogens with zero attached hydrogens (tertiary/aromatic N) is 1. The second-order valence-electron chi connectivity index (χ2n) is 3.10. The van der Waals surface area contributed by atoms with E-state index in [0.29, 0.717) is 12.3 Å². The SMILES string of the molecule is O=C(Cc1nc(CCl)cs1)Nc1ccsc1. The highest BCUT2D eigenvalue weighted by molar-refractivity contribution is 7.09. The van der Waals surface area contributed by atoms with Crippen molar-refractivity contribution in [1.29, 1.82) is 0 Å². The summed E-state index contributed by atoms with van der Waals surface area (Å²) >= 11 is 8.65. The first kappa shape index (κ1) is 11.6. The van der Waals surface area contributed by atoms with Crippen LogP contribution >= 0.6 is 34.3 Å². The van der Waals surface area contributed by atoms with Gasteiger partial charge in [0.1, 0.15) is 5.01 Å². The van der Waals surface area contributed by atoms with E-state index in [1.165, 1.54) is 11.3 Å². The Balaban J connectivity index is 1.92. The lowest BCUT2D eigenvalue weighted by Crippen LogP contribution is -2.13. The average molecular weight is 273 g/mol. The molecule has 2 rings (SSSR count). The summed E-state index contributed by atoms with van der Waals surface area (Å²) in [5.74, 6) is 0.344. The number of amides is 1. The zero-order chi connectivity index (χ0) is 11.4. The molecule has 6 heteroatoms. The minimum Gasteiger partial charge on any atom is -0.325 e. The summed E-state index contributed by atoms with van der Waals surface area (Å²) in [6.45, 7) is 0. The largest absolute Gasteiger partial charge is 0.325 e. The quantitative estimate of drug-likeness (QED) is 0.869. The third kappa shape index (κ3) is 3.04. The van der Waals surface area contributed by atoms with E-state index < -0.39 is 0 Å². The van der Waals surface area contributed by atoms with Gasteiger partial charge >= 0.3 is 0 Å². The number of nitrogens with one attached hydrogen (secondary N) is 1. The minimum atomic E-state index is -0.0473. The van der Waals surface area contributed by atoms with Gasteiger partial charge in [-0.15, -0.1) is 22.9 Å². The highest BCUT2D eigenvalue weighted by Crippen LogP contribution is 2.15. The highest BCUT2D eigenvalue weighted by atomic mass is 35.5. The van der Waals surface area contributed by atoms with Crippen LogP contribution in [0.4, 0.5) is 5.69 Å². The van der Waals surface area contributed by atoms with Crippen LogP contribution in [0.25, 0.3) is 0 Å². The predicted molar refractivity (Wildman–Crippen MR) is 68.3 cm³/mol. The third-order valence-corrected chi connectivity index (χ3v) is 3.71. The van der Waals surface area contributed by atoms with Crippen LogP contribution in [0.1, 0.15) is 10.7 Å². The molecular weight excluding hydrogens is 264 g/mol. The second-order valence-corrected chi connectivity index (χ2v) is 5.09. The van der Waals surface area contributed by atoms with E-state index in [0.717, 1.165) is 16.4 Å². The van der Waals surface area contributed by atoms with Gasteiger partial charge < -0.3 is 5.32 Å². The lowest BCUT2D eigenvalue weighted by molar-refractivity contribution is -0.115. The number of anilines is 1. The first-order valence-corrected chi connectivity index (χ1v) is 6.95. The Morgan fingerprint density at radius 1 is 1.50 bits per heavy atom. The van der Waals surface area contributed by atoms with Crippen molar-refractivity contribution in [1.82, 2.24) is 4.98 Å². The van der Waals surface area contributed by atoms with E-state index in [-0.39, 0.29) is 5.91 Å². The maximum atomic E-state index is 11.6. The molecule has 0 aliphatic heterocycles. The molecule has 0 saturated carbocycles. The van der Waals surface area contributed by atoms with Crippen molar-refractivity contribution in [3.63, 3.8) is 0 Å².